The van der Waals surface area contributed by atoms with Crippen molar-refractivity contribution in [3.8, 4) is 5.75 Å². The molecule has 0 aliphatic heterocycles. The van der Waals surface area contributed by atoms with Crippen LogP contribution in [0.1, 0.15) is 0 Å². The molecule has 0 atom stereocenters. The van der Waals surface area contributed by atoms with Crippen LogP contribution in [0, 0.1) is 16.1 Å². The molecule has 0 unspecified atom stereocenters. The van der Waals surface area contributed by atoms with Crippen molar-refractivity contribution >= 4 is 5.69 Å². The minimum atomic E-state index is -0.991. The quantitative estimate of drug-likeness (QED) is 0.373. The van der Waals surface area contributed by atoms with Crippen LogP contribution in [-0.4, -0.2) is 15.0 Å². The summed E-state index contributed by atoms with van der Waals surface area (Å²) in [6, 6.07) is 0.551. The molecule has 0 saturated heterocycles. The summed E-state index contributed by atoms with van der Waals surface area (Å²) in [6.45, 7) is 0. The highest BCUT2D eigenvalue weighted by Crippen LogP contribution is 2.23. The van der Waals surface area contributed by atoms with Gasteiger partial charge >= 0.3 is 5.69 Å². The lowest BCUT2D eigenvalue weighted by molar-refractivity contribution is -0.386. The molecule has 1 N–H and O–H groups in total. The summed E-state index contributed by atoms with van der Waals surface area (Å²) >= 11 is 0. The molecule has 0 bridgehead atoms. The van der Waals surface area contributed by atoms with Gasteiger partial charge in [0.05, 0.1) is 17.2 Å². The fourth-order valence-corrected chi connectivity index (χ4v) is 0.559. The van der Waals surface area contributed by atoms with Gasteiger partial charge in [0.25, 0.3) is 0 Å². The number of aromatic nitrogens is 1. The average Bonchev–Trinajstić information content (AvgIpc) is 1.94. The Morgan fingerprint density at radius 1 is 1.73 bits per heavy atom. The summed E-state index contributed by atoms with van der Waals surface area (Å²) < 4.78 is 12.2. The molecular weight excluding hydrogens is 155 g/mol. The SMILES string of the molecule is O=[N+]([O-])c1cc(F)ncc1O. The second-order valence-corrected chi connectivity index (χ2v) is 1.75. The van der Waals surface area contributed by atoms with Gasteiger partial charge in [0.15, 0.2) is 0 Å². The average molecular weight is 158 g/mol. The van der Waals surface area contributed by atoms with Crippen LogP contribution in [0.5, 0.6) is 5.75 Å². The van der Waals surface area contributed by atoms with Crippen LogP contribution in [0.3, 0.4) is 0 Å². The Hall–Kier alpha value is -1.72. The number of halogens is 1. The molecule has 1 heterocycles. The van der Waals surface area contributed by atoms with Crippen LogP contribution in [-0.2, 0) is 0 Å². The first-order chi connectivity index (χ1) is 5.11. The fraction of sp³-hybridized carbons (Fsp3) is 0. The number of aromatic hydroxyl groups is 1. The van der Waals surface area contributed by atoms with Gasteiger partial charge in [-0.25, -0.2) is 4.98 Å². The van der Waals surface area contributed by atoms with Crippen molar-refractivity contribution in [3.63, 3.8) is 0 Å². The van der Waals surface area contributed by atoms with Crippen molar-refractivity contribution in [1.82, 2.24) is 4.98 Å². The summed E-state index contributed by atoms with van der Waals surface area (Å²) in [7, 11) is 0. The molecule has 0 fully saturated rings. The Morgan fingerprint density at radius 3 is 2.82 bits per heavy atom. The fourth-order valence-electron chi connectivity index (χ4n) is 0.559. The largest absolute Gasteiger partial charge is 0.501 e. The van der Waals surface area contributed by atoms with Crippen LogP contribution < -0.4 is 0 Å². The zero-order valence-electron chi connectivity index (χ0n) is 5.19. The molecule has 1 aromatic heterocycles. The maximum atomic E-state index is 12.2. The maximum absolute atomic E-state index is 12.2. The predicted molar refractivity (Wildman–Crippen MR) is 32.5 cm³/mol. The van der Waals surface area contributed by atoms with Crippen molar-refractivity contribution in [1.29, 1.82) is 0 Å². The normalized spacial score (nSPS) is 9.55. The summed E-state index contributed by atoms with van der Waals surface area (Å²) in [5.41, 5.74) is -0.683. The molecule has 5 nitrogen and oxygen atoms in total. The number of hydrogen-bond acceptors (Lipinski definition) is 4. The third-order valence-corrected chi connectivity index (χ3v) is 1.03. The van der Waals surface area contributed by atoms with E-state index in [-0.39, 0.29) is 0 Å². The zero-order chi connectivity index (χ0) is 8.43. The monoisotopic (exact) mass is 158 g/mol. The third-order valence-electron chi connectivity index (χ3n) is 1.03. The minimum absolute atomic E-state index is 0.551. The van der Waals surface area contributed by atoms with Crippen molar-refractivity contribution in [2.24, 2.45) is 0 Å². The second kappa shape index (κ2) is 2.49. The van der Waals surface area contributed by atoms with E-state index in [0.29, 0.717) is 12.3 Å². The molecule has 0 radical (unpaired) electrons. The number of pyridine rings is 1. The summed E-state index contributed by atoms with van der Waals surface area (Å²) in [6.07, 6.45) is 0.688. The molecular formula is C5H3FN2O3. The molecule has 0 aromatic carbocycles. The summed E-state index contributed by atoms with van der Waals surface area (Å²) in [5, 5.41) is 18.8. The first-order valence-corrected chi connectivity index (χ1v) is 2.60. The highest BCUT2D eigenvalue weighted by atomic mass is 19.1. The Balaban J connectivity index is 3.23. The molecule has 0 aliphatic carbocycles. The molecule has 1 aromatic rings. The first-order valence-electron chi connectivity index (χ1n) is 2.60. The van der Waals surface area contributed by atoms with Gasteiger partial charge in [0.2, 0.25) is 11.7 Å². The third kappa shape index (κ3) is 1.40. The van der Waals surface area contributed by atoms with Crippen LogP contribution in [0.2, 0.25) is 0 Å². The Kier molecular flexibility index (Phi) is 1.67. The van der Waals surface area contributed by atoms with Gasteiger partial charge in [0, 0.05) is 0 Å². The topological polar surface area (TPSA) is 76.3 Å². The Bertz CT molecular complexity index is 302. The van der Waals surface area contributed by atoms with E-state index in [0.717, 1.165) is 0 Å². The smallest absolute Gasteiger partial charge is 0.316 e. The van der Waals surface area contributed by atoms with E-state index in [9.17, 15) is 14.5 Å². The molecule has 0 saturated carbocycles. The van der Waals surface area contributed by atoms with Crippen molar-refractivity contribution < 1.29 is 14.4 Å². The van der Waals surface area contributed by atoms with Gasteiger partial charge in [-0.2, -0.15) is 4.39 Å². The Morgan fingerprint density at radius 2 is 2.36 bits per heavy atom. The minimum Gasteiger partial charge on any atom is -0.501 e. The van der Waals surface area contributed by atoms with E-state index in [1.807, 2.05) is 0 Å². The van der Waals surface area contributed by atoms with Crippen LogP contribution in [0.15, 0.2) is 12.3 Å². The molecule has 58 valence electrons. The molecule has 1 rings (SSSR count). The molecule has 0 aliphatic rings. The molecule has 0 amide bonds. The summed E-state index contributed by atoms with van der Waals surface area (Å²) in [5.74, 6) is -1.63. The van der Waals surface area contributed by atoms with Crippen LogP contribution >= 0.6 is 0 Å². The Labute approximate surface area is 60.3 Å². The zero-order valence-corrected chi connectivity index (χ0v) is 5.19. The highest BCUT2D eigenvalue weighted by Gasteiger charge is 2.13. The van der Waals surface area contributed by atoms with Gasteiger partial charge < -0.3 is 5.11 Å². The lowest BCUT2D eigenvalue weighted by Gasteiger charge is -1.92. The first kappa shape index (κ1) is 7.39. The van der Waals surface area contributed by atoms with E-state index < -0.39 is 22.3 Å². The van der Waals surface area contributed by atoms with Crippen LogP contribution in [0.25, 0.3) is 0 Å². The van der Waals surface area contributed by atoms with Crippen molar-refractivity contribution in [2.45, 2.75) is 0 Å². The van der Waals surface area contributed by atoms with Crippen molar-refractivity contribution in [3.05, 3.63) is 28.3 Å². The standard InChI is InChI=1S/C5H3FN2O3/c6-5-1-3(8(10)11)4(9)2-7-5/h1-2,9H. The lowest BCUT2D eigenvalue weighted by atomic mass is 10.4. The summed E-state index contributed by atoms with van der Waals surface area (Å²) in [4.78, 5) is 12.1. The molecule has 0 spiro atoms. The molecule has 11 heavy (non-hydrogen) atoms. The number of hydrogen-bond donors (Lipinski definition) is 1. The van der Waals surface area contributed by atoms with Gasteiger partial charge in [-0.1, -0.05) is 0 Å². The van der Waals surface area contributed by atoms with E-state index in [2.05, 4.69) is 4.98 Å². The van der Waals surface area contributed by atoms with E-state index in [4.69, 9.17) is 5.11 Å². The van der Waals surface area contributed by atoms with Gasteiger partial charge in [-0.3, -0.25) is 10.1 Å². The number of rotatable bonds is 1. The van der Waals surface area contributed by atoms with E-state index in [1.165, 1.54) is 0 Å². The van der Waals surface area contributed by atoms with Gasteiger partial charge in [-0.05, 0) is 0 Å². The van der Waals surface area contributed by atoms with Gasteiger partial charge in [0.1, 0.15) is 0 Å². The van der Waals surface area contributed by atoms with E-state index >= 15 is 0 Å². The second-order valence-electron chi connectivity index (χ2n) is 1.75. The van der Waals surface area contributed by atoms with Crippen LogP contribution in [0.4, 0.5) is 10.1 Å². The highest BCUT2D eigenvalue weighted by molar-refractivity contribution is 5.42. The molecule has 6 heteroatoms. The van der Waals surface area contributed by atoms with Gasteiger partial charge in [-0.15, -0.1) is 0 Å². The lowest BCUT2D eigenvalue weighted by Crippen LogP contribution is -1.91. The maximum Gasteiger partial charge on any atom is 0.316 e. The number of nitro groups is 1. The van der Waals surface area contributed by atoms with Crippen molar-refractivity contribution in [2.75, 3.05) is 0 Å². The predicted octanol–water partition coefficient (Wildman–Crippen LogP) is 0.834. The van der Waals surface area contributed by atoms with E-state index in [1.54, 1.807) is 0 Å². The number of nitrogens with zero attached hydrogens (tertiary/aromatic N) is 2.